The fraction of sp³-hybridized carbons (Fsp3) is 0.423. The Hall–Kier alpha value is -3.33. The van der Waals surface area contributed by atoms with E-state index < -0.39 is 5.92 Å². The zero-order valence-electron chi connectivity index (χ0n) is 19.6. The highest BCUT2D eigenvalue weighted by atomic mass is 32.1. The lowest BCUT2D eigenvalue weighted by atomic mass is 9.97. The number of benzene rings is 1. The van der Waals surface area contributed by atoms with Gasteiger partial charge in [0.1, 0.15) is 0 Å². The normalized spacial score (nSPS) is 18.9. The highest BCUT2D eigenvalue weighted by Gasteiger charge is 2.39. The minimum Gasteiger partial charge on any atom is -0.348 e. The predicted octanol–water partition coefficient (Wildman–Crippen LogP) is 3.04. The average molecular weight is 490 g/mol. The van der Waals surface area contributed by atoms with Gasteiger partial charge in [-0.3, -0.25) is 19.1 Å². The highest BCUT2D eigenvalue weighted by molar-refractivity contribution is 7.09. The quantitative estimate of drug-likeness (QED) is 0.574. The first kappa shape index (κ1) is 22.2. The van der Waals surface area contributed by atoms with Gasteiger partial charge in [-0.05, 0) is 25.3 Å². The Balaban J connectivity index is 1.27. The van der Waals surface area contributed by atoms with Crippen molar-refractivity contribution in [2.45, 2.75) is 64.1 Å². The molecule has 8 nitrogen and oxygen atoms in total. The first-order chi connectivity index (χ1) is 17.0. The number of hydrogen-bond donors (Lipinski definition) is 1. The number of nitrogens with zero attached hydrogens (tertiary/aromatic N) is 4. The second-order valence-electron chi connectivity index (χ2n) is 9.63. The summed E-state index contributed by atoms with van der Waals surface area (Å²) in [5, 5.41) is 7.80. The van der Waals surface area contributed by atoms with Gasteiger partial charge >= 0.3 is 0 Å². The molecule has 2 aliphatic carbocycles. The Morgan fingerprint density at radius 1 is 1.23 bits per heavy atom. The van der Waals surface area contributed by atoms with Crippen LogP contribution in [0.5, 0.6) is 0 Å². The number of aryl methyl sites for hydroxylation is 3. The molecule has 9 heteroatoms. The lowest BCUT2D eigenvalue weighted by molar-refractivity contribution is -0.133. The standard InChI is InChI=1S/C26H27N5O3S/c1-15-23(35-14-27-15)9-11-31-21-8-10-30(13-20(21)24(29-31)25(33)28-16-6-7-16)26(34)19-12-22(32)18-5-3-2-4-17(18)19/h2-5,14,16,19H,6-13H2,1H3,(H,28,33). The number of aromatic nitrogens is 3. The van der Waals surface area contributed by atoms with E-state index in [-0.39, 0.29) is 30.1 Å². The summed E-state index contributed by atoms with van der Waals surface area (Å²) >= 11 is 1.64. The van der Waals surface area contributed by atoms with Crippen molar-refractivity contribution >= 4 is 28.9 Å². The lowest BCUT2D eigenvalue weighted by Crippen LogP contribution is -2.39. The number of carbonyl (C=O) groups is 3. The van der Waals surface area contributed by atoms with E-state index >= 15 is 0 Å². The first-order valence-corrected chi connectivity index (χ1v) is 13.1. The van der Waals surface area contributed by atoms with E-state index in [2.05, 4.69) is 10.3 Å². The Morgan fingerprint density at radius 2 is 2.06 bits per heavy atom. The van der Waals surface area contributed by atoms with E-state index in [0.29, 0.717) is 37.3 Å². The van der Waals surface area contributed by atoms with Crippen LogP contribution < -0.4 is 5.32 Å². The van der Waals surface area contributed by atoms with Crippen LogP contribution in [-0.2, 0) is 30.7 Å². The van der Waals surface area contributed by atoms with Crippen LogP contribution in [0.15, 0.2) is 29.8 Å². The third kappa shape index (κ3) is 4.07. The maximum atomic E-state index is 13.6. The van der Waals surface area contributed by atoms with E-state index in [1.807, 2.05) is 35.3 Å². The van der Waals surface area contributed by atoms with Crippen molar-refractivity contribution in [2.24, 2.45) is 0 Å². The van der Waals surface area contributed by atoms with Crippen LogP contribution >= 0.6 is 11.3 Å². The van der Waals surface area contributed by atoms with Crippen molar-refractivity contribution in [1.29, 1.82) is 0 Å². The summed E-state index contributed by atoms with van der Waals surface area (Å²) in [4.78, 5) is 46.4. The number of amides is 2. The zero-order valence-corrected chi connectivity index (χ0v) is 20.4. The molecule has 180 valence electrons. The molecule has 1 atom stereocenters. The number of fused-ring (bicyclic) bond motifs is 2. The Kier molecular flexibility index (Phi) is 5.51. The molecule has 0 bridgehead atoms. The van der Waals surface area contributed by atoms with Crippen molar-refractivity contribution in [3.05, 3.63) is 68.4 Å². The molecule has 0 saturated heterocycles. The molecule has 3 aromatic rings. The van der Waals surface area contributed by atoms with Crippen molar-refractivity contribution < 1.29 is 14.4 Å². The Labute approximate surface area is 207 Å². The van der Waals surface area contributed by atoms with Crippen LogP contribution in [0.2, 0.25) is 0 Å². The van der Waals surface area contributed by atoms with E-state index in [9.17, 15) is 14.4 Å². The molecule has 1 aromatic carbocycles. The molecule has 35 heavy (non-hydrogen) atoms. The number of ketones is 1. The van der Waals surface area contributed by atoms with Crippen LogP contribution in [0.3, 0.4) is 0 Å². The van der Waals surface area contributed by atoms with Gasteiger partial charge in [-0.25, -0.2) is 4.98 Å². The third-order valence-electron chi connectivity index (χ3n) is 7.29. The van der Waals surface area contributed by atoms with Crippen molar-refractivity contribution in [1.82, 2.24) is 25.0 Å². The summed E-state index contributed by atoms with van der Waals surface area (Å²) in [6, 6.07) is 7.62. The SMILES string of the molecule is Cc1ncsc1CCn1nc(C(=O)NC2CC2)c2c1CCN(C(=O)C1CC(=O)c3ccccc31)C2. The largest absolute Gasteiger partial charge is 0.348 e. The Bertz CT molecular complexity index is 1340. The van der Waals surface area contributed by atoms with Gasteiger partial charge in [0.25, 0.3) is 5.91 Å². The monoisotopic (exact) mass is 489 g/mol. The van der Waals surface area contributed by atoms with Crippen molar-refractivity contribution in [3.8, 4) is 0 Å². The fourth-order valence-electron chi connectivity index (χ4n) is 5.20. The second-order valence-corrected chi connectivity index (χ2v) is 10.6. The molecular formula is C26H27N5O3S. The minimum absolute atomic E-state index is 0.0207. The minimum atomic E-state index is -0.451. The zero-order chi connectivity index (χ0) is 24.1. The van der Waals surface area contributed by atoms with E-state index in [0.717, 1.165) is 41.8 Å². The van der Waals surface area contributed by atoms with Crippen LogP contribution in [0.4, 0.5) is 0 Å². The second kappa shape index (κ2) is 8.71. The van der Waals surface area contributed by atoms with Crippen LogP contribution in [0.1, 0.15) is 73.4 Å². The Morgan fingerprint density at radius 3 is 2.83 bits per heavy atom. The molecule has 1 fully saturated rings. The smallest absolute Gasteiger partial charge is 0.272 e. The van der Waals surface area contributed by atoms with Gasteiger partial charge in [0, 0.05) is 66.6 Å². The van der Waals surface area contributed by atoms with Crippen molar-refractivity contribution in [3.63, 3.8) is 0 Å². The molecule has 1 N–H and O–H groups in total. The maximum absolute atomic E-state index is 13.6. The van der Waals surface area contributed by atoms with Crippen molar-refractivity contribution in [2.75, 3.05) is 6.54 Å². The number of thiazole rings is 1. The lowest BCUT2D eigenvalue weighted by Gasteiger charge is -2.30. The number of carbonyl (C=O) groups excluding carboxylic acids is 3. The van der Waals surface area contributed by atoms with Gasteiger partial charge in [0.2, 0.25) is 5.91 Å². The average Bonchev–Trinajstić information content (AvgIpc) is 3.32. The predicted molar refractivity (Wildman–Crippen MR) is 131 cm³/mol. The van der Waals surface area contributed by atoms with Gasteiger partial charge in [-0.1, -0.05) is 24.3 Å². The summed E-state index contributed by atoms with van der Waals surface area (Å²) in [5.41, 5.74) is 6.64. The third-order valence-corrected chi connectivity index (χ3v) is 8.29. The van der Waals surface area contributed by atoms with E-state index in [1.165, 1.54) is 4.88 Å². The number of hydrogen-bond acceptors (Lipinski definition) is 6. The van der Waals surface area contributed by atoms with Gasteiger partial charge in [-0.2, -0.15) is 5.10 Å². The van der Waals surface area contributed by atoms with E-state index in [1.54, 1.807) is 22.3 Å². The number of nitrogens with one attached hydrogen (secondary N) is 1. The first-order valence-electron chi connectivity index (χ1n) is 12.2. The van der Waals surface area contributed by atoms with Gasteiger partial charge in [-0.15, -0.1) is 11.3 Å². The molecule has 6 rings (SSSR count). The molecule has 1 unspecified atom stereocenters. The molecule has 3 aliphatic rings. The fourth-order valence-corrected chi connectivity index (χ4v) is 5.97. The molecule has 1 aliphatic heterocycles. The summed E-state index contributed by atoms with van der Waals surface area (Å²) in [7, 11) is 0. The van der Waals surface area contributed by atoms with Crippen LogP contribution in [-0.4, -0.2) is 49.8 Å². The molecule has 2 amide bonds. The van der Waals surface area contributed by atoms with Gasteiger partial charge in [0.15, 0.2) is 11.5 Å². The molecule has 0 radical (unpaired) electrons. The van der Waals surface area contributed by atoms with Gasteiger partial charge in [0.05, 0.1) is 17.1 Å². The highest BCUT2D eigenvalue weighted by Crippen LogP contribution is 2.36. The molecule has 2 aromatic heterocycles. The summed E-state index contributed by atoms with van der Waals surface area (Å²) in [5.74, 6) is -0.636. The molecular weight excluding hydrogens is 462 g/mol. The maximum Gasteiger partial charge on any atom is 0.272 e. The summed E-state index contributed by atoms with van der Waals surface area (Å²) < 4.78 is 1.95. The molecule has 1 saturated carbocycles. The summed E-state index contributed by atoms with van der Waals surface area (Å²) in [6.45, 7) is 3.57. The summed E-state index contributed by atoms with van der Waals surface area (Å²) in [6.07, 6.45) is 3.65. The number of rotatable bonds is 6. The van der Waals surface area contributed by atoms with E-state index in [4.69, 9.17) is 5.10 Å². The topological polar surface area (TPSA) is 97.2 Å². The molecule has 0 spiro atoms. The molecule has 3 heterocycles. The number of Topliss-reactive ketones (excluding diaryl/α,β-unsaturated/α-hetero) is 1. The van der Waals surface area contributed by atoms with Crippen LogP contribution in [0, 0.1) is 6.92 Å². The van der Waals surface area contributed by atoms with Gasteiger partial charge < -0.3 is 10.2 Å². The van der Waals surface area contributed by atoms with Crippen LogP contribution in [0.25, 0.3) is 0 Å².